The number of amides is 2. The molecule has 0 bridgehead atoms. The molecule has 1 saturated carbocycles. The van der Waals surface area contributed by atoms with Crippen LogP contribution < -0.4 is 10.6 Å². The van der Waals surface area contributed by atoms with Crippen LogP contribution in [0.3, 0.4) is 0 Å². The molecular formula is C27H34N4O2. The van der Waals surface area contributed by atoms with Gasteiger partial charge >= 0.3 is 6.03 Å². The van der Waals surface area contributed by atoms with Crippen LogP contribution in [0, 0.1) is 11.3 Å². The number of benzene rings is 2. The van der Waals surface area contributed by atoms with Crippen LogP contribution >= 0.6 is 0 Å². The van der Waals surface area contributed by atoms with Crippen molar-refractivity contribution in [1.29, 1.82) is 5.26 Å². The molecule has 2 amide bonds. The molecule has 4 rings (SSSR count). The maximum absolute atomic E-state index is 12.0. The molecule has 1 fully saturated rings. The predicted molar refractivity (Wildman–Crippen MR) is 134 cm³/mol. The molecule has 3 aromatic rings. The van der Waals surface area contributed by atoms with Crippen LogP contribution in [0.2, 0.25) is 0 Å². The number of nitrogens with zero attached hydrogens (tertiary/aromatic N) is 2. The Kier molecular flexibility index (Phi) is 8.91. The molecule has 1 heterocycles. The molecule has 1 aliphatic carbocycles. The lowest BCUT2D eigenvalue weighted by atomic mass is 9.92. The van der Waals surface area contributed by atoms with Gasteiger partial charge in [0.25, 0.3) is 0 Å². The predicted octanol–water partition coefficient (Wildman–Crippen LogP) is 6.48. The molecule has 174 valence electrons. The van der Waals surface area contributed by atoms with Crippen LogP contribution in [0.25, 0.3) is 22.2 Å². The number of aromatic nitrogens is 1. The number of nitriles is 1. The number of hydrogen-bond donors (Lipinski definition) is 2. The zero-order valence-electron chi connectivity index (χ0n) is 19.9. The first-order valence-electron chi connectivity index (χ1n) is 11.8. The van der Waals surface area contributed by atoms with Gasteiger partial charge < -0.3 is 19.9 Å². The summed E-state index contributed by atoms with van der Waals surface area (Å²) in [5.74, 6) is 0. The van der Waals surface area contributed by atoms with Crippen LogP contribution in [-0.2, 0) is 4.74 Å². The summed E-state index contributed by atoms with van der Waals surface area (Å²) in [6, 6.07) is 18.6. The lowest BCUT2D eigenvalue weighted by molar-refractivity contribution is 0.215. The third kappa shape index (κ3) is 5.74. The summed E-state index contributed by atoms with van der Waals surface area (Å²) in [5.41, 5.74) is 4.58. The van der Waals surface area contributed by atoms with E-state index in [1.54, 1.807) is 7.11 Å². The zero-order valence-corrected chi connectivity index (χ0v) is 19.9. The highest BCUT2D eigenvalue weighted by atomic mass is 16.5. The van der Waals surface area contributed by atoms with E-state index in [1.165, 1.54) is 6.42 Å². The Balaban J connectivity index is 0.000000709. The van der Waals surface area contributed by atoms with E-state index in [0.29, 0.717) is 12.6 Å². The van der Waals surface area contributed by atoms with Crippen molar-refractivity contribution >= 4 is 22.6 Å². The molecule has 1 aliphatic rings. The van der Waals surface area contributed by atoms with E-state index in [2.05, 4.69) is 39.0 Å². The Morgan fingerprint density at radius 1 is 1.15 bits per heavy atom. The molecule has 6 nitrogen and oxygen atoms in total. The van der Waals surface area contributed by atoms with Crippen LogP contribution in [0.1, 0.15) is 57.6 Å². The van der Waals surface area contributed by atoms with Crippen LogP contribution in [0.15, 0.2) is 48.5 Å². The molecule has 0 radical (unpaired) electrons. The van der Waals surface area contributed by atoms with E-state index in [1.807, 2.05) is 49.4 Å². The van der Waals surface area contributed by atoms with Gasteiger partial charge in [-0.1, -0.05) is 43.7 Å². The third-order valence-corrected chi connectivity index (χ3v) is 5.98. The fourth-order valence-corrected chi connectivity index (χ4v) is 3.95. The smallest absolute Gasteiger partial charge is 0.319 e. The van der Waals surface area contributed by atoms with Gasteiger partial charge in [0.15, 0.2) is 0 Å². The summed E-state index contributed by atoms with van der Waals surface area (Å²) in [7, 11) is 1.68. The number of nitrogens with one attached hydrogen (secondary N) is 2. The highest BCUT2D eigenvalue weighted by Crippen LogP contribution is 2.42. The lowest BCUT2D eigenvalue weighted by Crippen LogP contribution is -2.29. The SMILES string of the molecule is CCCCNC(=O)Nc1ccc(-c2c(C#N)c3ccccc3n2C2CCC2)cc1.CCOC. The Hall–Kier alpha value is -3.30. The van der Waals surface area contributed by atoms with Gasteiger partial charge in [-0.3, -0.25) is 0 Å². The maximum Gasteiger partial charge on any atom is 0.319 e. The van der Waals surface area contributed by atoms with Gasteiger partial charge in [0.1, 0.15) is 6.07 Å². The summed E-state index contributed by atoms with van der Waals surface area (Å²) in [5, 5.41) is 16.6. The van der Waals surface area contributed by atoms with E-state index in [-0.39, 0.29) is 6.03 Å². The summed E-state index contributed by atoms with van der Waals surface area (Å²) in [6.07, 6.45) is 5.54. The second-order valence-corrected chi connectivity index (χ2v) is 8.20. The van der Waals surface area contributed by atoms with Crippen molar-refractivity contribution in [3.8, 4) is 17.3 Å². The Labute approximate surface area is 196 Å². The van der Waals surface area contributed by atoms with E-state index in [9.17, 15) is 10.1 Å². The monoisotopic (exact) mass is 446 g/mol. The first kappa shape index (κ1) is 24.3. The first-order chi connectivity index (χ1) is 16.1. The molecule has 0 atom stereocenters. The van der Waals surface area contributed by atoms with Gasteiger partial charge in [0.2, 0.25) is 0 Å². The Morgan fingerprint density at radius 3 is 2.42 bits per heavy atom. The summed E-state index contributed by atoms with van der Waals surface area (Å²) in [6.45, 7) is 5.55. The number of hydrogen-bond acceptors (Lipinski definition) is 3. The second-order valence-electron chi connectivity index (χ2n) is 8.20. The molecular weight excluding hydrogens is 412 g/mol. The molecule has 2 aromatic carbocycles. The molecule has 2 N–H and O–H groups in total. The summed E-state index contributed by atoms with van der Waals surface area (Å²) < 4.78 is 6.89. The number of ether oxygens (including phenoxy) is 1. The normalized spacial score (nSPS) is 12.9. The molecule has 0 spiro atoms. The maximum atomic E-state index is 12.0. The molecule has 0 unspecified atom stereocenters. The fourth-order valence-electron chi connectivity index (χ4n) is 3.95. The average molecular weight is 447 g/mol. The Bertz CT molecular complexity index is 1090. The number of unbranched alkanes of at least 4 members (excludes halogenated alkanes) is 1. The third-order valence-electron chi connectivity index (χ3n) is 5.98. The van der Waals surface area contributed by atoms with Crippen LogP contribution in [0.5, 0.6) is 0 Å². The van der Waals surface area contributed by atoms with Crippen molar-refractivity contribution in [1.82, 2.24) is 9.88 Å². The number of urea groups is 1. The molecule has 0 aliphatic heterocycles. The van der Waals surface area contributed by atoms with Gasteiger partial charge in [-0.15, -0.1) is 0 Å². The quantitative estimate of drug-likeness (QED) is 0.408. The lowest BCUT2D eigenvalue weighted by Gasteiger charge is -2.30. The van der Waals surface area contributed by atoms with Crippen LogP contribution in [-0.4, -0.2) is 30.9 Å². The van der Waals surface area contributed by atoms with E-state index < -0.39 is 0 Å². The average Bonchev–Trinajstić information content (AvgIpc) is 3.13. The van der Waals surface area contributed by atoms with Crippen molar-refractivity contribution in [3.05, 3.63) is 54.1 Å². The van der Waals surface area contributed by atoms with Gasteiger partial charge in [0, 0.05) is 37.4 Å². The molecule has 0 saturated heterocycles. The molecule has 1 aromatic heterocycles. The van der Waals surface area contributed by atoms with E-state index in [4.69, 9.17) is 0 Å². The number of para-hydroxylation sites is 1. The topological polar surface area (TPSA) is 79.1 Å². The van der Waals surface area contributed by atoms with Gasteiger partial charge in [-0.05, 0) is 56.4 Å². The number of fused-ring (bicyclic) bond motifs is 1. The molecule has 33 heavy (non-hydrogen) atoms. The zero-order chi connectivity index (χ0) is 23.6. The van der Waals surface area contributed by atoms with Gasteiger partial charge in [-0.2, -0.15) is 5.26 Å². The van der Waals surface area contributed by atoms with Crippen molar-refractivity contribution in [2.45, 2.75) is 52.0 Å². The highest BCUT2D eigenvalue weighted by Gasteiger charge is 2.27. The minimum atomic E-state index is -0.188. The van der Waals surface area contributed by atoms with Crippen LogP contribution in [0.4, 0.5) is 10.5 Å². The number of anilines is 1. The second kappa shape index (κ2) is 12.1. The first-order valence-corrected chi connectivity index (χ1v) is 11.8. The largest absolute Gasteiger partial charge is 0.385 e. The van der Waals surface area contributed by atoms with Gasteiger partial charge in [0.05, 0.1) is 16.8 Å². The highest BCUT2D eigenvalue weighted by molar-refractivity contribution is 5.95. The summed E-state index contributed by atoms with van der Waals surface area (Å²) >= 11 is 0. The minimum Gasteiger partial charge on any atom is -0.385 e. The van der Waals surface area contributed by atoms with Crippen molar-refractivity contribution in [2.75, 3.05) is 25.6 Å². The fraction of sp³-hybridized carbons (Fsp3) is 0.407. The van der Waals surface area contributed by atoms with Crippen molar-refractivity contribution < 1.29 is 9.53 Å². The Morgan fingerprint density at radius 2 is 1.85 bits per heavy atom. The number of carbonyl (C=O) groups excluding carboxylic acids is 1. The van der Waals surface area contributed by atoms with Crippen molar-refractivity contribution in [2.24, 2.45) is 0 Å². The van der Waals surface area contributed by atoms with E-state index in [0.717, 1.165) is 65.7 Å². The summed E-state index contributed by atoms with van der Waals surface area (Å²) in [4.78, 5) is 12.0. The molecule has 6 heteroatoms. The minimum absolute atomic E-state index is 0.188. The standard InChI is InChI=1S/C24H26N4O.C3H8O/c1-2-3-15-26-24(29)27-18-13-11-17(12-14-18)23-21(16-25)20-9-4-5-10-22(20)28(23)19-7-6-8-19;1-3-4-2/h4-5,9-14,19H,2-3,6-8,15H2,1H3,(H2,26,27,29);3H2,1-2H3. The number of rotatable bonds is 7. The number of methoxy groups -OCH3 is 1. The number of carbonyl (C=O) groups is 1. The van der Waals surface area contributed by atoms with Crippen molar-refractivity contribution in [3.63, 3.8) is 0 Å². The van der Waals surface area contributed by atoms with E-state index >= 15 is 0 Å². The van der Waals surface area contributed by atoms with Gasteiger partial charge in [-0.25, -0.2) is 4.79 Å².